The summed E-state index contributed by atoms with van der Waals surface area (Å²) in [5.74, 6) is 3.24. The maximum absolute atomic E-state index is 6.68. The van der Waals surface area contributed by atoms with Crippen LogP contribution in [0.1, 0.15) is 44.2 Å². The van der Waals surface area contributed by atoms with Crippen molar-refractivity contribution in [2.75, 3.05) is 0 Å². The first-order chi connectivity index (χ1) is 11.1. The average Bonchev–Trinajstić information content (AvgIpc) is 3.12. The van der Waals surface area contributed by atoms with Crippen molar-refractivity contribution in [3.8, 4) is 11.1 Å². The molecular formula is C22H23Cl. The minimum atomic E-state index is 0.201. The van der Waals surface area contributed by atoms with E-state index in [1.165, 1.54) is 36.0 Å². The maximum Gasteiger partial charge on any atom is 0.0487 e. The van der Waals surface area contributed by atoms with Crippen LogP contribution in [0.15, 0.2) is 42.5 Å². The predicted octanol–water partition coefficient (Wildman–Crippen LogP) is 6.31. The number of halogens is 1. The van der Waals surface area contributed by atoms with Gasteiger partial charge in [-0.15, -0.1) is 0 Å². The molecule has 2 aromatic rings. The Balaban J connectivity index is 1.86. The fraction of sp³-hybridized carbons (Fsp3) is 0.455. The summed E-state index contributed by atoms with van der Waals surface area (Å²) in [5, 5.41) is 0.925. The second-order valence-corrected chi connectivity index (χ2v) is 8.56. The minimum absolute atomic E-state index is 0.201. The van der Waals surface area contributed by atoms with E-state index >= 15 is 0 Å². The van der Waals surface area contributed by atoms with E-state index < -0.39 is 0 Å². The van der Waals surface area contributed by atoms with Gasteiger partial charge in [0.2, 0.25) is 0 Å². The van der Waals surface area contributed by atoms with Crippen LogP contribution in [-0.2, 0) is 5.41 Å². The molecule has 0 radical (unpaired) electrons. The van der Waals surface area contributed by atoms with E-state index in [0.29, 0.717) is 5.92 Å². The standard InChI is InChI=1S/C22H23Cl/c1-13-10-15-12-14(2)22(19(15)11-13)17-7-4-3-6-16(17)21-18(22)8-5-9-20(21)23/h3-9,13-15,19H,10-12H2,1-2H3. The van der Waals surface area contributed by atoms with Crippen LogP contribution in [0, 0.1) is 23.7 Å². The molecule has 2 saturated carbocycles. The first-order valence-electron chi connectivity index (χ1n) is 9.03. The largest absolute Gasteiger partial charge is 0.0837 e. The van der Waals surface area contributed by atoms with Gasteiger partial charge in [-0.2, -0.15) is 0 Å². The summed E-state index contributed by atoms with van der Waals surface area (Å²) in [6.07, 6.45) is 4.15. The summed E-state index contributed by atoms with van der Waals surface area (Å²) in [7, 11) is 0. The van der Waals surface area contributed by atoms with Crippen LogP contribution >= 0.6 is 11.6 Å². The van der Waals surface area contributed by atoms with Gasteiger partial charge in [0, 0.05) is 16.0 Å². The van der Waals surface area contributed by atoms with Crippen LogP contribution in [0.3, 0.4) is 0 Å². The first kappa shape index (κ1) is 14.1. The predicted molar refractivity (Wildman–Crippen MR) is 96.8 cm³/mol. The Morgan fingerprint density at radius 3 is 2.57 bits per heavy atom. The van der Waals surface area contributed by atoms with Gasteiger partial charge in [-0.3, -0.25) is 0 Å². The van der Waals surface area contributed by atoms with Gasteiger partial charge >= 0.3 is 0 Å². The van der Waals surface area contributed by atoms with Crippen molar-refractivity contribution in [2.45, 2.75) is 38.5 Å². The number of benzene rings is 2. The van der Waals surface area contributed by atoms with Crippen molar-refractivity contribution in [3.63, 3.8) is 0 Å². The summed E-state index contributed by atoms with van der Waals surface area (Å²) < 4.78 is 0. The molecule has 3 aliphatic carbocycles. The van der Waals surface area contributed by atoms with Gasteiger partial charge in [0.25, 0.3) is 0 Å². The van der Waals surface area contributed by atoms with Gasteiger partial charge in [-0.05, 0) is 65.7 Å². The zero-order valence-electron chi connectivity index (χ0n) is 13.9. The van der Waals surface area contributed by atoms with Crippen LogP contribution in [-0.4, -0.2) is 0 Å². The molecule has 1 spiro atoms. The van der Waals surface area contributed by atoms with E-state index in [-0.39, 0.29) is 5.41 Å². The molecule has 0 bridgehead atoms. The highest BCUT2D eigenvalue weighted by molar-refractivity contribution is 6.33. The van der Waals surface area contributed by atoms with E-state index in [1.54, 1.807) is 5.56 Å². The van der Waals surface area contributed by atoms with Crippen LogP contribution in [0.4, 0.5) is 0 Å². The van der Waals surface area contributed by atoms with Crippen molar-refractivity contribution in [3.05, 3.63) is 58.6 Å². The SMILES string of the molecule is CC1CC2CC(C)C3(c4ccccc4-c4c(Cl)cccc43)C2C1. The molecule has 0 N–H and O–H groups in total. The molecule has 0 aliphatic heterocycles. The monoisotopic (exact) mass is 322 g/mol. The third kappa shape index (κ3) is 1.59. The Morgan fingerprint density at radius 2 is 1.70 bits per heavy atom. The Morgan fingerprint density at radius 1 is 0.913 bits per heavy atom. The molecular weight excluding hydrogens is 300 g/mol. The molecule has 23 heavy (non-hydrogen) atoms. The number of rotatable bonds is 0. The fourth-order valence-electron chi connectivity index (χ4n) is 6.51. The zero-order valence-corrected chi connectivity index (χ0v) is 14.6. The van der Waals surface area contributed by atoms with Crippen molar-refractivity contribution in [2.24, 2.45) is 23.7 Å². The van der Waals surface area contributed by atoms with Crippen molar-refractivity contribution < 1.29 is 0 Å². The Kier molecular flexibility index (Phi) is 2.84. The molecule has 0 heterocycles. The zero-order chi connectivity index (χ0) is 15.8. The highest BCUT2D eigenvalue weighted by atomic mass is 35.5. The van der Waals surface area contributed by atoms with E-state index in [0.717, 1.165) is 22.8 Å². The van der Waals surface area contributed by atoms with Crippen LogP contribution in [0.25, 0.3) is 11.1 Å². The summed E-state index contributed by atoms with van der Waals surface area (Å²) in [6, 6.07) is 15.6. The molecule has 0 aromatic heterocycles. The quantitative estimate of drug-likeness (QED) is 0.533. The molecule has 2 fully saturated rings. The third-order valence-electron chi connectivity index (χ3n) is 7.05. The summed E-state index contributed by atoms with van der Waals surface area (Å²) >= 11 is 6.68. The molecule has 118 valence electrons. The molecule has 0 saturated heterocycles. The highest BCUT2D eigenvalue weighted by Gasteiger charge is 2.60. The van der Waals surface area contributed by atoms with Crippen molar-refractivity contribution >= 4 is 11.6 Å². The molecule has 0 amide bonds. The third-order valence-corrected chi connectivity index (χ3v) is 7.37. The van der Waals surface area contributed by atoms with Gasteiger partial charge in [-0.25, -0.2) is 0 Å². The Labute approximate surface area is 143 Å². The lowest BCUT2D eigenvalue weighted by Crippen LogP contribution is -2.35. The molecule has 5 rings (SSSR count). The van der Waals surface area contributed by atoms with Crippen LogP contribution in [0.5, 0.6) is 0 Å². The van der Waals surface area contributed by atoms with Gasteiger partial charge in [0.15, 0.2) is 0 Å². The van der Waals surface area contributed by atoms with E-state index in [4.69, 9.17) is 11.6 Å². The van der Waals surface area contributed by atoms with Crippen LogP contribution in [0.2, 0.25) is 5.02 Å². The normalized spacial score (nSPS) is 37.0. The molecule has 2 aromatic carbocycles. The lowest BCUT2D eigenvalue weighted by atomic mass is 9.65. The lowest BCUT2D eigenvalue weighted by molar-refractivity contribution is 0.297. The van der Waals surface area contributed by atoms with Crippen molar-refractivity contribution in [1.82, 2.24) is 0 Å². The summed E-state index contributed by atoms with van der Waals surface area (Å²) in [4.78, 5) is 0. The molecule has 3 aliphatic rings. The second-order valence-electron chi connectivity index (χ2n) is 8.16. The lowest BCUT2D eigenvalue weighted by Gasteiger charge is -2.38. The molecule has 1 heteroatoms. The van der Waals surface area contributed by atoms with Gasteiger partial charge in [0.05, 0.1) is 0 Å². The van der Waals surface area contributed by atoms with Crippen LogP contribution < -0.4 is 0 Å². The first-order valence-corrected chi connectivity index (χ1v) is 9.40. The van der Waals surface area contributed by atoms with E-state index in [1.807, 2.05) is 0 Å². The topological polar surface area (TPSA) is 0 Å². The summed E-state index contributed by atoms with van der Waals surface area (Å²) in [6.45, 7) is 4.92. The number of hydrogen-bond acceptors (Lipinski definition) is 0. The summed E-state index contributed by atoms with van der Waals surface area (Å²) in [5.41, 5.74) is 5.97. The molecule has 5 atom stereocenters. The van der Waals surface area contributed by atoms with E-state index in [2.05, 4.69) is 56.3 Å². The fourth-order valence-corrected chi connectivity index (χ4v) is 6.78. The highest BCUT2D eigenvalue weighted by Crippen LogP contribution is 2.68. The second kappa shape index (κ2) is 4.63. The van der Waals surface area contributed by atoms with E-state index in [9.17, 15) is 0 Å². The van der Waals surface area contributed by atoms with Gasteiger partial charge in [-0.1, -0.05) is 61.8 Å². The number of hydrogen-bond donors (Lipinski definition) is 0. The molecule has 0 nitrogen and oxygen atoms in total. The average molecular weight is 323 g/mol. The molecule has 5 unspecified atom stereocenters. The van der Waals surface area contributed by atoms with Gasteiger partial charge in [0.1, 0.15) is 0 Å². The number of fused-ring (bicyclic) bond motifs is 7. The smallest absolute Gasteiger partial charge is 0.0487 e. The van der Waals surface area contributed by atoms with Crippen molar-refractivity contribution in [1.29, 1.82) is 0 Å². The van der Waals surface area contributed by atoms with Gasteiger partial charge < -0.3 is 0 Å². The Bertz CT molecular complexity index is 792. The Hall–Kier alpha value is -1.27. The minimum Gasteiger partial charge on any atom is -0.0837 e. The maximum atomic E-state index is 6.68.